The Morgan fingerprint density at radius 1 is 1.29 bits per heavy atom. The van der Waals surface area contributed by atoms with Gasteiger partial charge in [0.25, 0.3) is 0 Å². The average molecular weight is 188 g/mol. The Bertz CT molecular complexity index is 350. The van der Waals surface area contributed by atoms with Crippen LogP contribution in [0, 0.1) is 0 Å². The van der Waals surface area contributed by atoms with Gasteiger partial charge in [0.2, 0.25) is 0 Å². The molecule has 0 aliphatic carbocycles. The lowest BCUT2D eigenvalue weighted by molar-refractivity contribution is -0.134. The SMILES string of the molecule is C=C(/C=C\C(=O)OC)c1ccccc1. The van der Waals surface area contributed by atoms with Crippen LogP contribution in [0.15, 0.2) is 49.1 Å². The molecule has 0 aliphatic heterocycles. The van der Waals surface area contributed by atoms with Crippen LogP contribution in [-0.2, 0) is 9.53 Å². The van der Waals surface area contributed by atoms with Crippen molar-refractivity contribution in [3.63, 3.8) is 0 Å². The van der Waals surface area contributed by atoms with Crippen LogP contribution in [0.5, 0.6) is 0 Å². The molecule has 0 aromatic heterocycles. The number of hydrogen-bond donors (Lipinski definition) is 0. The molecule has 1 rings (SSSR count). The molecule has 0 heterocycles. The van der Waals surface area contributed by atoms with Crippen molar-refractivity contribution in [2.45, 2.75) is 0 Å². The van der Waals surface area contributed by atoms with Crippen LogP contribution in [0.3, 0.4) is 0 Å². The fraction of sp³-hybridized carbons (Fsp3) is 0.0833. The second kappa shape index (κ2) is 5.02. The molecule has 2 nitrogen and oxygen atoms in total. The van der Waals surface area contributed by atoms with Gasteiger partial charge in [0, 0.05) is 6.08 Å². The fourth-order valence-corrected chi connectivity index (χ4v) is 0.985. The summed E-state index contributed by atoms with van der Waals surface area (Å²) in [7, 11) is 1.35. The zero-order valence-corrected chi connectivity index (χ0v) is 8.07. The summed E-state index contributed by atoms with van der Waals surface area (Å²) < 4.78 is 4.47. The van der Waals surface area contributed by atoms with Gasteiger partial charge in [-0.2, -0.15) is 0 Å². The maximum absolute atomic E-state index is 10.8. The van der Waals surface area contributed by atoms with Gasteiger partial charge in [-0.1, -0.05) is 36.9 Å². The van der Waals surface area contributed by atoms with Crippen molar-refractivity contribution >= 4 is 11.5 Å². The lowest BCUT2D eigenvalue weighted by atomic mass is 10.1. The first-order valence-corrected chi connectivity index (χ1v) is 4.24. The van der Waals surface area contributed by atoms with E-state index in [4.69, 9.17) is 0 Å². The minimum atomic E-state index is -0.373. The van der Waals surface area contributed by atoms with Gasteiger partial charge in [-0.25, -0.2) is 4.79 Å². The third-order valence-electron chi connectivity index (χ3n) is 1.77. The lowest BCUT2D eigenvalue weighted by Gasteiger charge is -1.98. The third-order valence-corrected chi connectivity index (χ3v) is 1.77. The van der Waals surface area contributed by atoms with E-state index in [1.54, 1.807) is 6.08 Å². The fourth-order valence-electron chi connectivity index (χ4n) is 0.985. The Morgan fingerprint density at radius 2 is 1.93 bits per heavy atom. The quantitative estimate of drug-likeness (QED) is 0.413. The van der Waals surface area contributed by atoms with Crippen molar-refractivity contribution in [3.05, 3.63) is 54.6 Å². The van der Waals surface area contributed by atoms with E-state index in [-0.39, 0.29) is 5.97 Å². The predicted octanol–water partition coefficient (Wildman–Crippen LogP) is 2.43. The van der Waals surface area contributed by atoms with Crippen molar-refractivity contribution in [3.8, 4) is 0 Å². The van der Waals surface area contributed by atoms with Crippen LogP contribution in [0.1, 0.15) is 5.56 Å². The molecule has 0 amide bonds. The van der Waals surface area contributed by atoms with Gasteiger partial charge < -0.3 is 4.74 Å². The van der Waals surface area contributed by atoms with Gasteiger partial charge >= 0.3 is 5.97 Å². The van der Waals surface area contributed by atoms with Crippen LogP contribution >= 0.6 is 0 Å². The molecule has 0 atom stereocenters. The van der Waals surface area contributed by atoms with Crippen LogP contribution < -0.4 is 0 Å². The van der Waals surface area contributed by atoms with E-state index in [2.05, 4.69) is 11.3 Å². The van der Waals surface area contributed by atoms with E-state index >= 15 is 0 Å². The molecule has 0 saturated heterocycles. The molecule has 2 heteroatoms. The molecule has 0 fully saturated rings. The molecule has 72 valence electrons. The van der Waals surface area contributed by atoms with Crippen molar-refractivity contribution in [1.82, 2.24) is 0 Å². The highest BCUT2D eigenvalue weighted by Crippen LogP contribution is 2.12. The number of methoxy groups -OCH3 is 1. The van der Waals surface area contributed by atoms with Crippen molar-refractivity contribution in [1.29, 1.82) is 0 Å². The van der Waals surface area contributed by atoms with E-state index in [9.17, 15) is 4.79 Å². The lowest BCUT2D eigenvalue weighted by Crippen LogP contribution is -1.93. The Hall–Kier alpha value is -1.83. The average Bonchev–Trinajstić information content (AvgIpc) is 2.26. The monoisotopic (exact) mass is 188 g/mol. The summed E-state index contributed by atoms with van der Waals surface area (Å²) in [4.78, 5) is 10.8. The summed E-state index contributed by atoms with van der Waals surface area (Å²) in [5.74, 6) is -0.373. The van der Waals surface area contributed by atoms with E-state index in [0.717, 1.165) is 11.1 Å². The van der Waals surface area contributed by atoms with E-state index in [1.165, 1.54) is 13.2 Å². The van der Waals surface area contributed by atoms with Gasteiger partial charge in [-0.3, -0.25) is 0 Å². The number of benzene rings is 1. The first kappa shape index (κ1) is 10.3. The zero-order chi connectivity index (χ0) is 10.4. The van der Waals surface area contributed by atoms with Crippen molar-refractivity contribution in [2.24, 2.45) is 0 Å². The summed E-state index contributed by atoms with van der Waals surface area (Å²) in [5.41, 5.74) is 1.78. The number of hydrogen-bond acceptors (Lipinski definition) is 2. The topological polar surface area (TPSA) is 26.3 Å². The largest absolute Gasteiger partial charge is 0.466 e. The highest BCUT2D eigenvalue weighted by Gasteiger charge is 1.94. The molecular weight excluding hydrogens is 176 g/mol. The molecular formula is C12H12O2. The van der Waals surface area contributed by atoms with Gasteiger partial charge in [0.05, 0.1) is 7.11 Å². The minimum absolute atomic E-state index is 0.373. The van der Waals surface area contributed by atoms with Crippen molar-refractivity contribution < 1.29 is 9.53 Å². The molecule has 0 radical (unpaired) electrons. The van der Waals surface area contributed by atoms with E-state index in [0.29, 0.717) is 0 Å². The molecule has 0 unspecified atom stereocenters. The zero-order valence-electron chi connectivity index (χ0n) is 8.07. The predicted molar refractivity (Wildman–Crippen MR) is 56.6 cm³/mol. The molecule has 0 saturated carbocycles. The minimum Gasteiger partial charge on any atom is -0.466 e. The van der Waals surface area contributed by atoms with Crippen LogP contribution in [0.2, 0.25) is 0 Å². The Morgan fingerprint density at radius 3 is 2.50 bits per heavy atom. The number of rotatable bonds is 3. The number of carbonyl (C=O) groups excluding carboxylic acids is 1. The molecule has 0 N–H and O–H groups in total. The Labute approximate surface area is 83.5 Å². The highest BCUT2D eigenvalue weighted by molar-refractivity contribution is 5.86. The van der Waals surface area contributed by atoms with Gasteiger partial charge in [-0.15, -0.1) is 0 Å². The summed E-state index contributed by atoms with van der Waals surface area (Å²) >= 11 is 0. The summed E-state index contributed by atoms with van der Waals surface area (Å²) in [6, 6.07) is 9.65. The van der Waals surface area contributed by atoms with Gasteiger partial charge in [-0.05, 0) is 17.2 Å². The molecule has 1 aromatic rings. The normalized spacial score (nSPS) is 10.1. The Balaban J connectivity index is 2.69. The second-order valence-corrected chi connectivity index (χ2v) is 2.75. The van der Waals surface area contributed by atoms with Gasteiger partial charge in [0.15, 0.2) is 0 Å². The molecule has 0 aliphatic rings. The molecule has 14 heavy (non-hydrogen) atoms. The van der Waals surface area contributed by atoms with E-state index in [1.807, 2.05) is 30.3 Å². The molecule has 1 aromatic carbocycles. The third kappa shape index (κ3) is 2.90. The van der Waals surface area contributed by atoms with E-state index < -0.39 is 0 Å². The number of esters is 1. The standard InChI is InChI=1S/C12H12O2/c1-10(8-9-12(13)14-2)11-6-4-3-5-7-11/h3-9H,1H2,2H3/b9-8-. The van der Waals surface area contributed by atoms with Crippen LogP contribution in [0.4, 0.5) is 0 Å². The number of allylic oxidation sites excluding steroid dienone is 2. The maximum Gasteiger partial charge on any atom is 0.330 e. The summed E-state index contributed by atoms with van der Waals surface area (Å²) in [6.07, 6.45) is 3.00. The highest BCUT2D eigenvalue weighted by atomic mass is 16.5. The first-order chi connectivity index (χ1) is 6.74. The number of carbonyl (C=O) groups is 1. The Kier molecular flexibility index (Phi) is 3.68. The smallest absolute Gasteiger partial charge is 0.330 e. The van der Waals surface area contributed by atoms with Crippen LogP contribution in [-0.4, -0.2) is 13.1 Å². The maximum atomic E-state index is 10.8. The second-order valence-electron chi connectivity index (χ2n) is 2.75. The summed E-state index contributed by atoms with van der Waals surface area (Å²) in [6.45, 7) is 3.84. The van der Waals surface area contributed by atoms with Crippen molar-refractivity contribution in [2.75, 3.05) is 7.11 Å². The van der Waals surface area contributed by atoms with Crippen LogP contribution in [0.25, 0.3) is 5.57 Å². The number of ether oxygens (including phenoxy) is 1. The molecule has 0 bridgehead atoms. The first-order valence-electron chi connectivity index (χ1n) is 4.24. The van der Waals surface area contributed by atoms with Gasteiger partial charge in [0.1, 0.15) is 0 Å². The summed E-state index contributed by atoms with van der Waals surface area (Å²) in [5, 5.41) is 0. The molecule has 0 spiro atoms.